The molecule has 1 saturated carbocycles. The molecule has 3 aliphatic rings. The summed E-state index contributed by atoms with van der Waals surface area (Å²) in [5.74, 6) is 0.738. The van der Waals surface area contributed by atoms with Crippen molar-refractivity contribution in [2.45, 2.75) is 64.0 Å². The molecule has 0 bridgehead atoms. The Morgan fingerprint density at radius 1 is 1.06 bits per heavy atom. The molecule has 3 heteroatoms. The van der Waals surface area contributed by atoms with E-state index in [0.29, 0.717) is 0 Å². The monoisotopic (exact) mass is 427 g/mol. The van der Waals surface area contributed by atoms with Gasteiger partial charge in [0, 0.05) is 5.70 Å². The van der Waals surface area contributed by atoms with E-state index in [4.69, 9.17) is 0 Å². The summed E-state index contributed by atoms with van der Waals surface area (Å²) in [6.07, 6.45) is 24.4. The Kier molecular flexibility index (Phi) is 7.71. The second kappa shape index (κ2) is 11.1. The zero-order valence-electron chi connectivity index (χ0n) is 19.4. The summed E-state index contributed by atoms with van der Waals surface area (Å²) in [5, 5.41) is 10.5. The van der Waals surface area contributed by atoms with E-state index in [1.165, 1.54) is 55.2 Å². The van der Waals surface area contributed by atoms with Crippen LogP contribution in [0.15, 0.2) is 90.5 Å². The fourth-order valence-corrected chi connectivity index (χ4v) is 4.80. The minimum Gasteiger partial charge on any atom is -0.381 e. The second-order valence-electron chi connectivity index (χ2n) is 9.00. The topological polar surface area (TPSA) is 36.1 Å². The van der Waals surface area contributed by atoms with E-state index < -0.39 is 0 Å². The van der Waals surface area contributed by atoms with Gasteiger partial charge in [-0.2, -0.15) is 0 Å². The van der Waals surface area contributed by atoms with Crippen LogP contribution in [0, 0.1) is 0 Å². The van der Waals surface area contributed by atoms with Gasteiger partial charge in [0.1, 0.15) is 6.17 Å². The lowest BCUT2D eigenvalue weighted by molar-refractivity contribution is 0.545. The minimum atomic E-state index is 0.117. The van der Waals surface area contributed by atoms with Crippen molar-refractivity contribution in [3.8, 4) is 0 Å². The van der Waals surface area contributed by atoms with Gasteiger partial charge in [0.05, 0.1) is 17.9 Å². The first-order chi connectivity index (χ1) is 15.7. The zero-order valence-corrected chi connectivity index (χ0v) is 19.4. The van der Waals surface area contributed by atoms with Crippen molar-refractivity contribution in [3.05, 3.63) is 102 Å². The molecular formula is C29H37N3. The molecule has 0 radical (unpaired) electrons. The van der Waals surface area contributed by atoms with Crippen molar-refractivity contribution in [1.29, 1.82) is 0 Å². The van der Waals surface area contributed by atoms with E-state index in [0.717, 1.165) is 36.0 Å². The summed E-state index contributed by atoms with van der Waals surface area (Å²) in [6, 6.07) is 9.26. The summed E-state index contributed by atoms with van der Waals surface area (Å²) < 4.78 is 0. The van der Waals surface area contributed by atoms with Crippen LogP contribution in [0.1, 0.15) is 68.9 Å². The van der Waals surface area contributed by atoms with Gasteiger partial charge in [-0.15, -0.1) is 0 Å². The van der Waals surface area contributed by atoms with Crippen LogP contribution in [-0.2, 0) is 0 Å². The summed E-state index contributed by atoms with van der Waals surface area (Å²) in [6.45, 7) is 7.11. The van der Waals surface area contributed by atoms with Crippen LogP contribution in [0.25, 0.3) is 5.57 Å². The Labute approximate surface area is 193 Å². The molecule has 2 fully saturated rings. The molecule has 1 aliphatic heterocycles. The highest BCUT2D eigenvalue weighted by molar-refractivity contribution is 5.75. The first-order valence-corrected chi connectivity index (χ1v) is 12.2. The fourth-order valence-electron chi connectivity index (χ4n) is 4.80. The Hall–Kier alpha value is -2.94. The van der Waals surface area contributed by atoms with Gasteiger partial charge < -0.3 is 16.0 Å². The molecule has 0 spiro atoms. The van der Waals surface area contributed by atoms with Crippen LogP contribution in [0.3, 0.4) is 0 Å². The summed E-state index contributed by atoms with van der Waals surface area (Å²) in [4.78, 5) is 0. The molecule has 3 N–H and O–H groups in total. The van der Waals surface area contributed by atoms with Crippen LogP contribution < -0.4 is 16.0 Å². The number of hydrogen-bond donors (Lipinski definition) is 3. The van der Waals surface area contributed by atoms with Crippen LogP contribution in [0.5, 0.6) is 0 Å². The van der Waals surface area contributed by atoms with Crippen LogP contribution in [0.2, 0.25) is 0 Å². The first kappa shape index (κ1) is 22.3. The minimum absolute atomic E-state index is 0.117. The standard InChI is InChI=1S/C29H37N3/c1-3-23(25-16-18-26(19-17-25)24-12-8-4-5-9-13-24)20-28-22(2)31-29(32-28)21-30-27-14-10-6-7-11-15-27/h3,6,10-11,14-20,24,29-32H,2,4-5,7-9,12-13,21H2,1H3/b23-3+,28-20+. The van der Waals surface area contributed by atoms with Gasteiger partial charge >= 0.3 is 0 Å². The summed E-state index contributed by atoms with van der Waals surface area (Å²) in [7, 11) is 0. The Morgan fingerprint density at radius 2 is 1.84 bits per heavy atom. The van der Waals surface area contributed by atoms with Gasteiger partial charge in [-0.25, -0.2) is 0 Å². The molecule has 0 amide bonds. The summed E-state index contributed by atoms with van der Waals surface area (Å²) >= 11 is 0. The van der Waals surface area contributed by atoms with Crippen molar-refractivity contribution >= 4 is 5.57 Å². The highest BCUT2D eigenvalue weighted by Gasteiger charge is 2.21. The quantitative estimate of drug-likeness (QED) is 0.458. The SMILES string of the molecule is C=C1NC(CNC2=CC=CCC=C2)N/C1=C/C(=C\C)c1ccc(C2CCCCCC2)cc1. The van der Waals surface area contributed by atoms with Crippen LogP contribution in [0.4, 0.5) is 0 Å². The maximum absolute atomic E-state index is 4.22. The van der Waals surface area contributed by atoms with Crippen molar-refractivity contribution in [2.24, 2.45) is 0 Å². The van der Waals surface area contributed by atoms with Crippen molar-refractivity contribution < 1.29 is 0 Å². The van der Waals surface area contributed by atoms with Gasteiger partial charge in [-0.05, 0) is 67.0 Å². The van der Waals surface area contributed by atoms with Gasteiger partial charge in [0.25, 0.3) is 0 Å². The molecular weight excluding hydrogens is 390 g/mol. The number of nitrogens with one attached hydrogen (secondary N) is 3. The normalized spacial score (nSPS) is 23.3. The van der Waals surface area contributed by atoms with Gasteiger partial charge in [-0.3, -0.25) is 0 Å². The average Bonchev–Trinajstić information content (AvgIpc) is 3.06. The second-order valence-corrected chi connectivity index (χ2v) is 9.00. The lowest BCUT2D eigenvalue weighted by Crippen LogP contribution is -2.40. The van der Waals surface area contributed by atoms with E-state index in [-0.39, 0.29) is 6.17 Å². The number of hydrogen-bond acceptors (Lipinski definition) is 3. The third kappa shape index (κ3) is 5.85. The van der Waals surface area contributed by atoms with E-state index >= 15 is 0 Å². The fraction of sp³-hybridized carbons (Fsp3) is 0.379. The van der Waals surface area contributed by atoms with E-state index in [1.807, 2.05) is 0 Å². The predicted octanol–water partition coefficient (Wildman–Crippen LogP) is 6.43. The number of benzene rings is 1. The number of allylic oxidation sites excluding steroid dienone is 8. The molecule has 0 aromatic heterocycles. The number of rotatable bonds is 6. The highest BCUT2D eigenvalue weighted by Crippen LogP contribution is 2.32. The molecule has 4 rings (SSSR count). The van der Waals surface area contributed by atoms with Crippen molar-refractivity contribution in [3.63, 3.8) is 0 Å². The van der Waals surface area contributed by atoms with E-state index in [1.54, 1.807) is 0 Å². The Balaban J connectivity index is 1.38. The Morgan fingerprint density at radius 3 is 2.59 bits per heavy atom. The van der Waals surface area contributed by atoms with Crippen LogP contribution in [-0.4, -0.2) is 12.7 Å². The molecule has 32 heavy (non-hydrogen) atoms. The molecule has 2 aliphatic carbocycles. The maximum Gasteiger partial charge on any atom is 0.114 e. The lowest BCUT2D eigenvalue weighted by Gasteiger charge is -2.15. The van der Waals surface area contributed by atoms with Crippen molar-refractivity contribution in [1.82, 2.24) is 16.0 Å². The third-order valence-corrected chi connectivity index (χ3v) is 6.68. The van der Waals surface area contributed by atoms with Crippen LogP contribution >= 0.6 is 0 Å². The molecule has 1 unspecified atom stereocenters. The zero-order chi connectivity index (χ0) is 22.2. The largest absolute Gasteiger partial charge is 0.381 e. The lowest BCUT2D eigenvalue weighted by atomic mass is 9.90. The third-order valence-electron chi connectivity index (χ3n) is 6.68. The Bertz CT molecular complexity index is 935. The molecule has 168 valence electrons. The molecule has 1 heterocycles. The molecule has 1 aromatic rings. The van der Waals surface area contributed by atoms with Gasteiger partial charge in [0.2, 0.25) is 0 Å². The van der Waals surface area contributed by atoms with Gasteiger partial charge in [-0.1, -0.05) is 80.8 Å². The molecule has 1 atom stereocenters. The first-order valence-electron chi connectivity index (χ1n) is 12.2. The summed E-state index contributed by atoms with van der Waals surface area (Å²) in [5.41, 5.74) is 7.12. The maximum atomic E-state index is 4.22. The highest BCUT2D eigenvalue weighted by atomic mass is 15.2. The van der Waals surface area contributed by atoms with E-state index in [2.05, 4.69) is 96.3 Å². The molecule has 1 saturated heterocycles. The average molecular weight is 428 g/mol. The molecule has 3 nitrogen and oxygen atoms in total. The smallest absolute Gasteiger partial charge is 0.114 e. The predicted molar refractivity (Wildman–Crippen MR) is 137 cm³/mol. The van der Waals surface area contributed by atoms with E-state index in [9.17, 15) is 0 Å². The molecule has 1 aromatic carbocycles. The van der Waals surface area contributed by atoms with Gasteiger partial charge in [0.15, 0.2) is 0 Å². The van der Waals surface area contributed by atoms with Crippen molar-refractivity contribution in [2.75, 3.05) is 6.54 Å².